The van der Waals surface area contributed by atoms with Crippen molar-refractivity contribution in [2.24, 2.45) is 5.92 Å². The van der Waals surface area contributed by atoms with Crippen LogP contribution in [0.25, 0.3) is 10.2 Å². The number of amides is 1. The minimum Gasteiger partial charge on any atom is -0.379 e. The summed E-state index contributed by atoms with van der Waals surface area (Å²) in [5, 5.41) is 1.55. The van der Waals surface area contributed by atoms with Crippen molar-refractivity contribution in [2.75, 3.05) is 44.3 Å². The monoisotopic (exact) mass is 457 g/mol. The van der Waals surface area contributed by atoms with Gasteiger partial charge in [-0.1, -0.05) is 35.8 Å². The highest BCUT2D eigenvalue weighted by Gasteiger charge is 2.30. The highest BCUT2D eigenvalue weighted by atomic mass is 35.5. The van der Waals surface area contributed by atoms with Gasteiger partial charge >= 0.3 is 0 Å². The van der Waals surface area contributed by atoms with E-state index >= 15 is 0 Å². The molecule has 1 aromatic carbocycles. The molecule has 160 valence electrons. The quantitative estimate of drug-likeness (QED) is 0.616. The highest BCUT2D eigenvalue weighted by molar-refractivity contribution is 7.22. The number of thiazole rings is 1. The van der Waals surface area contributed by atoms with E-state index in [1.54, 1.807) is 11.3 Å². The van der Waals surface area contributed by atoms with Crippen LogP contribution in [0.3, 0.4) is 0 Å². The number of hydrogen-bond donors (Lipinski definition) is 0. The molecule has 2 fully saturated rings. The molecule has 1 aromatic heterocycles. The Morgan fingerprint density at radius 1 is 1.31 bits per heavy atom. The second-order valence-electron chi connectivity index (χ2n) is 7.79. The number of anilines is 1. The third kappa shape index (κ3) is 5.23. The van der Waals surface area contributed by atoms with Gasteiger partial charge in [0, 0.05) is 37.1 Å². The molecule has 1 saturated carbocycles. The Hall–Kier alpha value is -0.920. The van der Waals surface area contributed by atoms with Crippen LogP contribution in [0.5, 0.6) is 0 Å². The van der Waals surface area contributed by atoms with Crippen LogP contribution in [-0.2, 0) is 9.53 Å². The Morgan fingerprint density at radius 3 is 2.76 bits per heavy atom. The van der Waals surface area contributed by atoms with Gasteiger partial charge in [-0.3, -0.25) is 14.6 Å². The Balaban J connectivity index is 0.00000240. The lowest BCUT2D eigenvalue weighted by Crippen LogP contribution is -2.40. The first-order valence-corrected chi connectivity index (χ1v) is 11.5. The summed E-state index contributed by atoms with van der Waals surface area (Å²) in [4.78, 5) is 22.5. The number of carbonyl (C=O) groups excluding carboxylic acids is 1. The summed E-state index contributed by atoms with van der Waals surface area (Å²) < 4.78 is 6.52. The van der Waals surface area contributed by atoms with E-state index in [0.29, 0.717) is 0 Å². The van der Waals surface area contributed by atoms with Gasteiger partial charge in [-0.25, -0.2) is 4.98 Å². The largest absolute Gasteiger partial charge is 0.379 e. The molecule has 1 amide bonds. The van der Waals surface area contributed by atoms with E-state index in [-0.39, 0.29) is 24.2 Å². The Bertz CT molecular complexity index is 833. The molecule has 0 unspecified atom stereocenters. The van der Waals surface area contributed by atoms with E-state index in [2.05, 4.69) is 4.90 Å². The summed E-state index contributed by atoms with van der Waals surface area (Å²) in [6, 6.07) is 3.93. The van der Waals surface area contributed by atoms with E-state index in [4.69, 9.17) is 21.3 Å². The molecule has 0 radical (unpaired) electrons. The van der Waals surface area contributed by atoms with Crippen LogP contribution in [0.1, 0.15) is 37.7 Å². The first kappa shape index (κ1) is 22.8. The van der Waals surface area contributed by atoms with Crippen LogP contribution in [0.2, 0.25) is 5.02 Å². The van der Waals surface area contributed by atoms with E-state index in [0.717, 1.165) is 97.4 Å². The maximum absolute atomic E-state index is 13.3. The number of carbonyl (C=O) groups is 1. The molecule has 0 bridgehead atoms. The lowest BCUT2D eigenvalue weighted by atomic mass is 10.1. The van der Waals surface area contributed by atoms with Crippen molar-refractivity contribution in [3.8, 4) is 0 Å². The van der Waals surface area contributed by atoms with E-state index in [1.165, 1.54) is 0 Å². The normalized spacial score (nSPS) is 18.1. The minimum atomic E-state index is 0. The fourth-order valence-electron chi connectivity index (χ4n) is 4.17. The lowest BCUT2D eigenvalue weighted by Gasteiger charge is -2.28. The number of fused-ring (bicyclic) bond motifs is 1. The fourth-order valence-corrected chi connectivity index (χ4v) is 5.38. The molecular formula is C21H29Cl2N3O2S. The van der Waals surface area contributed by atoms with Crippen LogP contribution in [0, 0.1) is 12.8 Å². The summed E-state index contributed by atoms with van der Waals surface area (Å²) >= 11 is 7.88. The van der Waals surface area contributed by atoms with Crippen LogP contribution in [0.15, 0.2) is 12.1 Å². The predicted octanol–water partition coefficient (Wildman–Crippen LogP) is 4.93. The minimum absolute atomic E-state index is 0. The van der Waals surface area contributed by atoms with Gasteiger partial charge < -0.3 is 4.74 Å². The van der Waals surface area contributed by atoms with Crippen molar-refractivity contribution >= 4 is 56.6 Å². The molecule has 2 aliphatic rings. The van der Waals surface area contributed by atoms with E-state index < -0.39 is 0 Å². The third-order valence-electron chi connectivity index (χ3n) is 5.90. The summed E-state index contributed by atoms with van der Waals surface area (Å²) in [6.45, 7) is 7.29. The molecule has 4 rings (SSSR count). The SMILES string of the molecule is Cc1c(Cl)ccc2sc(N(CCCN3CCOCC3)C(=O)C3CCCC3)nc12.Cl. The molecule has 1 aliphatic heterocycles. The molecule has 2 aromatic rings. The van der Waals surface area contributed by atoms with Crippen molar-refractivity contribution in [3.05, 3.63) is 22.7 Å². The van der Waals surface area contributed by atoms with Crippen molar-refractivity contribution in [2.45, 2.75) is 39.0 Å². The smallest absolute Gasteiger partial charge is 0.231 e. The number of rotatable bonds is 6. The number of aryl methyl sites for hydroxylation is 1. The third-order valence-corrected chi connectivity index (χ3v) is 7.35. The Morgan fingerprint density at radius 2 is 2.03 bits per heavy atom. The number of nitrogens with zero attached hydrogens (tertiary/aromatic N) is 3. The van der Waals surface area contributed by atoms with Crippen molar-refractivity contribution in [1.82, 2.24) is 9.88 Å². The van der Waals surface area contributed by atoms with Gasteiger partial charge in [-0.05, 0) is 43.9 Å². The molecule has 8 heteroatoms. The highest BCUT2D eigenvalue weighted by Crippen LogP contribution is 2.35. The standard InChI is InChI=1S/C21H28ClN3O2S.ClH/c1-15-17(22)7-8-18-19(15)23-21(28-18)25(20(26)16-5-2-3-6-16)10-4-9-24-11-13-27-14-12-24;/h7-8,16H,2-6,9-14H2,1H3;1H. The van der Waals surface area contributed by atoms with Crippen LogP contribution in [0.4, 0.5) is 5.13 Å². The Labute approximate surface area is 187 Å². The maximum atomic E-state index is 13.3. The van der Waals surface area contributed by atoms with E-state index in [9.17, 15) is 4.79 Å². The molecular weight excluding hydrogens is 429 g/mol. The van der Waals surface area contributed by atoms with Gasteiger partial charge in [0.15, 0.2) is 5.13 Å². The molecule has 0 spiro atoms. The fraction of sp³-hybridized carbons (Fsp3) is 0.619. The zero-order chi connectivity index (χ0) is 19.5. The zero-order valence-corrected chi connectivity index (χ0v) is 19.3. The van der Waals surface area contributed by atoms with Gasteiger partial charge in [0.2, 0.25) is 5.91 Å². The number of halogens is 2. The summed E-state index contributed by atoms with van der Waals surface area (Å²) in [7, 11) is 0. The molecule has 1 saturated heterocycles. The second-order valence-corrected chi connectivity index (χ2v) is 9.21. The van der Waals surface area contributed by atoms with Gasteiger partial charge in [0.05, 0.1) is 23.4 Å². The second kappa shape index (κ2) is 10.4. The van der Waals surface area contributed by atoms with Gasteiger partial charge in [-0.2, -0.15) is 0 Å². The number of benzene rings is 1. The van der Waals surface area contributed by atoms with Crippen molar-refractivity contribution in [3.63, 3.8) is 0 Å². The van der Waals surface area contributed by atoms with Crippen LogP contribution in [-0.4, -0.2) is 55.2 Å². The number of ether oxygens (including phenoxy) is 1. The molecule has 5 nitrogen and oxygen atoms in total. The van der Waals surface area contributed by atoms with Crippen LogP contribution >= 0.6 is 35.3 Å². The average molecular weight is 458 g/mol. The van der Waals surface area contributed by atoms with Crippen molar-refractivity contribution < 1.29 is 9.53 Å². The van der Waals surface area contributed by atoms with Crippen LogP contribution < -0.4 is 4.90 Å². The number of aromatic nitrogens is 1. The summed E-state index contributed by atoms with van der Waals surface area (Å²) in [6.07, 6.45) is 5.29. The van der Waals surface area contributed by atoms with Gasteiger partial charge in [-0.15, -0.1) is 12.4 Å². The zero-order valence-electron chi connectivity index (χ0n) is 16.9. The topological polar surface area (TPSA) is 45.7 Å². The Kier molecular flexibility index (Phi) is 8.16. The van der Waals surface area contributed by atoms with Crippen molar-refractivity contribution in [1.29, 1.82) is 0 Å². The van der Waals surface area contributed by atoms with E-state index in [1.807, 2.05) is 24.0 Å². The van der Waals surface area contributed by atoms with Gasteiger partial charge in [0.1, 0.15) is 0 Å². The molecule has 1 aliphatic carbocycles. The summed E-state index contributed by atoms with van der Waals surface area (Å²) in [5.74, 6) is 0.405. The van der Waals surface area contributed by atoms with Gasteiger partial charge in [0.25, 0.3) is 0 Å². The number of morpholine rings is 1. The predicted molar refractivity (Wildman–Crippen MR) is 123 cm³/mol. The number of hydrogen-bond acceptors (Lipinski definition) is 5. The molecule has 0 N–H and O–H groups in total. The molecule has 0 atom stereocenters. The summed E-state index contributed by atoms with van der Waals surface area (Å²) in [5.41, 5.74) is 1.91. The first-order chi connectivity index (χ1) is 13.6. The average Bonchev–Trinajstić information content (AvgIpc) is 3.39. The maximum Gasteiger partial charge on any atom is 0.231 e. The first-order valence-electron chi connectivity index (χ1n) is 10.3. The molecule has 2 heterocycles. The lowest BCUT2D eigenvalue weighted by molar-refractivity contribution is -0.122. The molecule has 29 heavy (non-hydrogen) atoms.